The first-order valence-electron chi connectivity index (χ1n) is 6.34. The summed E-state index contributed by atoms with van der Waals surface area (Å²) < 4.78 is 5.46. The monoisotopic (exact) mass is 271 g/mol. The first-order chi connectivity index (χ1) is 9.49. The zero-order chi connectivity index (χ0) is 14.7. The van der Waals surface area contributed by atoms with E-state index in [1.807, 2.05) is 30.3 Å². The van der Waals surface area contributed by atoms with E-state index in [1.54, 1.807) is 26.0 Å². The average Bonchev–Trinajstić information content (AvgIpc) is 2.38. The molecule has 0 spiro atoms. The largest absolute Gasteiger partial charge is 0.478 e. The molecule has 3 N–H and O–H groups in total. The lowest BCUT2D eigenvalue weighted by molar-refractivity contribution is 0.0696. The van der Waals surface area contributed by atoms with Crippen molar-refractivity contribution in [1.82, 2.24) is 0 Å². The highest BCUT2D eigenvalue weighted by atomic mass is 16.5. The second-order valence-corrected chi connectivity index (χ2v) is 4.63. The van der Waals surface area contributed by atoms with Crippen molar-refractivity contribution in [3.63, 3.8) is 0 Å². The molecule has 0 aliphatic carbocycles. The minimum absolute atomic E-state index is 0.306. The Morgan fingerprint density at radius 3 is 2.60 bits per heavy atom. The molecule has 104 valence electrons. The molecule has 1 atom stereocenters. The summed E-state index contributed by atoms with van der Waals surface area (Å²) >= 11 is 0. The number of aromatic carboxylic acids is 1. The number of ether oxygens (including phenoxy) is 1. The summed E-state index contributed by atoms with van der Waals surface area (Å²) in [6.45, 7) is 3.56. The maximum Gasteiger partial charge on any atom is 0.335 e. The van der Waals surface area contributed by atoms with Gasteiger partial charge in [0.05, 0.1) is 5.56 Å². The highest BCUT2D eigenvalue weighted by Gasteiger charge is 2.11. The molecule has 2 aromatic carbocycles. The molecular formula is C16H17NO3. The highest BCUT2D eigenvalue weighted by molar-refractivity contribution is 5.92. The number of benzene rings is 2. The summed E-state index contributed by atoms with van der Waals surface area (Å²) in [5, 5.41) is 9.17. The SMILES string of the molecule is Cc1c(C(=O)O)cccc1-c1cccc(OC(C)N)c1. The van der Waals surface area contributed by atoms with Crippen LogP contribution < -0.4 is 10.5 Å². The number of rotatable bonds is 4. The first kappa shape index (κ1) is 14.1. The molecule has 0 radical (unpaired) electrons. The molecule has 1 unspecified atom stereocenters. The maximum atomic E-state index is 11.2. The van der Waals surface area contributed by atoms with Gasteiger partial charge in [-0.1, -0.05) is 24.3 Å². The molecule has 4 heteroatoms. The summed E-state index contributed by atoms with van der Waals surface area (Å²) in [6.07, 6.45) is -0.392. The Balaban J connectivity index is 2.46. The zero-order valence-electron chi connectivity index (χ0n) is 11.5. The topological polar surface area (TPSA) is 72.5 Å². The number of nitrogens with two attached hydrogens (primary N) is 1. The summed E-state index contributed by atoms with van der Waals surface area (Å²) in [5.41, 5.74) is 8.43. The fourth-order valence-corrected chi connectivity index (χ4v) is 2.13. The minimum atomic E-state index is -0.924. The van der Waals surface area contributed by atoms with Gasteiger partial charge < -0.3 is 9.84 Å². The smallest absolute Gasteiger partial charge is 0.335 e. The Bertz CT molecular complexity index is 635. The predicted molar refractivity (Wildman–Crippen MR) is 77.9 cm³/mol. The molecule has 0 amide bonds. The molecular weight excluding hydrogens is 254 g/mol. The van der Waals surface area contributed by atoms with Gasteiger partial charge in [0.2, 0.25) is 0 Å². The van der Waals surface area contributed by atoms with E-state index in [-0.39, 0.29) is 0 Å². The minimum Gasteiger partial charge on any atom is -0.478 e. The van der Waals surface area contributed by atoms with Crippen LogP contribution in [0.15, 0.2) is 42.5 Å². The van der Waals surface area contributed by atoms with Crippen LogP contribution in [-0.4, -0.2) is 17.3 Å². The third-order valence-electron chi connectivity index (χ3n) is 3.03. The number of hydrogen-bond acceptors (Lipinski definition) is 3. The molecule has 0 fully saturated rings. The average molecular weight is 271 g/mol. The molecule has 0 heterocycles. The van der Waals surface area contributed by atoms with Crippen molar-refractivity contribution in [2.24, 2.45) is 5.73 Å². The van der Waals surface area contributed by atoms with Crippen LogP contribution in [0.3, 0.4) is 0 Å². The second-order valence-electron chi connectivity index (χ2n) is 4.63. The van der Waals surface area contributed by atoms with Crippen LogP contribution in [0.2, 0.25) is 0 Å². The van der Waals surface area contributed by atoms with E-state index < -0.39 is 12.2 Å². The summed E-state index contributed by atoms with van der Waals surface area (Å²) in [4.78, 5) is 11.2. The molecule has 0 aliphatic rings. The third-order valence-corrected chi connectivity index (χ3v) is 3.03. The lowest BCUT2D eigenvalue weighted by atomic mass is 9.96. The van der Waals surface area contributed by atoms with Gasteiger partial charge in [-0.15, -0.1) is 0 Å². The number of hydrogen-bond donors (Lipinski definition) is 2. The van der Waals surface area contributed by atoms with Gasteiger partial charge in [0, 0.05) is 0 Å². The van der Waals surface area contributed by atoms with Crippen LogP contribution in [-0.2, 0) is 0 Å². The van der Waals surface area contributed by atoms with E-state index >= 15 is 0 Å². The Labute approximate surface area is 117 Å². The molecule has 2 rings (SSSR count). The Morgan fingerprint density at radius 2 is 1.95 bits per heavy atom. The van der Waals surface area contributed by atoms with Crippen molar-refractivity contribution in [1.29, 1.82) is 0 Å². The third kappa shape index (κ3) is 2.97. The van der Waals surface area contributed by atoms with Gasteiger partial charge in [0.15, 0.2) is 0 Å². The van der Waals surface area contributed by atoms with Gasteiger partial charge >= 0.3 is 5.97 Å². The van der Waals surface area contributed by atoms with Crippen molar-refractivity contribution < 1.29 is 14.6 Å². The van der Waals surface area contributed by atoms with E-state index in [0.29, 0.717) is 11.3 Å². The zero-order valence-corrected chi connectivity index (χ0v) is 11.5. The number of carboxylic acid groups (broad SMARTS) is 1. The van der Waals surface area contributed by atoms with Crippen molar-refractivity contribution in [2.75, 3.05) is 0 Å². The molecule has 0 saturated heterocycles. The number of carboxylic acids is 1. The summed E-state index contributed by atoms with van der Waals surface area (Å²) in [6, 6.07) is 12.7. The molecule has 0 bridgehead atoms. The van der Waals surface area contributed by atoms with Crippen LogP contribution in [0.5, 0.6) is 5.75 Å². The quantitative estimate of drug-likeness (QED) is 0.838. The van der Waals surface area contributed by atoms with Crippen molar-refractivity contribution in [2.45, 2.75) is 20.1 Å². The lowest BCUT2D eigenvalue weighted by Crippen LogP contribution is -2.22. The molecule has 2 aromatic rings. The van der Waals surface area contributed by atoms with Gasteiger partial charge in [-0.2, -0.15) is 0 Å². The van der Waals surface area contributed by atoms with Crippen LogP contribution >= 0.6 is 0 Å². The van der Waals surface area contributed by atoms with Crippen LogP contribution in [0.4, 0.5) is 0 Å². The van der Waals surface area contributed by atoms with Crippen molar-refractivity contribution >= 4 is 5.97 Å². The van der Waals surface area contributed by atoms with E-state index in [0.717, 1.165) is 16.7 Å². The maximum absolute atomic E-state index is 11.2. The first-order valence-corrected chi connectivity index (χ1v) is 6.34. The van der Waals surface area contributed by atoms with Crippen LogP contribution in [0, 0.1) is 6.92 Å². The standard InChI is InChI=1S/C16H17NO3/c1-10-14(7-4-8-15(10)16(18)19)12-5-3-6-13(9-12)20-11(2)17/h3-9,11H,17H2,1-2H3,(H,18,19). The van der Waals surface area contributed by atoms with E-state index in [1.165, 1.54) is 0 Å². The Kier molecular flexibility index (Phi) is 4.05. The normalized spacial score (nSPS) is 11.9. The molecule has 0 saturated carbocycles. The summed E-state index contributed by atoms with van der Waals surface area (Å²) in [7, 11) is 0. The van der Waals surface area contributed by atoms with E-state index in [2.05, 4.69) is 0 Å². The second kappa shape index (κ2) is 5.75. The highest BCUT2D eigenvalue weighted by Crippen LogP contribution is 2.28. The van der Waals surface area contributed by atoms with Gasteiger partial charge in [-0.3, -0.25) is 5.73 Å². The van der Waals surface area contributed by atoms with Gasteiger partial charge in [0.25, 0.3) is 0 Å². The Hall–Kier alpha value is -2.33. The molecule has 0 aliphatic heterocycles. The summed E-state index contributed by atoms with van der Waals surface area (Å²) in [5.74, 6) is -0.259. The van der Waals surface area contributed by atoms with Gasteiger partial charge in [-0.25, -0.2) is 4.79 Å². The number of carbonyl (C=O) groups is 1. The van der Waals surface area contributed by atoms with Gasteiger partial charge in [-0.05, 0) is 48.7 Å². The van der Waals surface area contributed by atoms with E-state index in [9.17, 15) is 4.79 Å². The lowest BCUT2D eigenvalue weighted by Gasteiger charge is -2.13. The van der Waals surface area contributed by atoms with Crippen LogP contribution in [0.25, 0.3) is 11.1 Å². The van der Waals surface area contributed by atoms with E-state index in [4.69, 9.17) is 15.6 Å². The molecule has 20 heavy (non-hydrogen) atoms. The predicted octanol–water partition coefficient (Wildman–Crippen LogP) is 3.04. The van der Waals surface area contributed by atoms with Crippen molar-refractivity contribution in [3.05, 3.63) is 53.6 Å². The Morgan fingerprint density at radius 1 is 1.25 bits per heavy atom. The molecule has 4 nitrogen and oxygen atoms in total. The fourth-order valence-electron chi connectivity index (χ4n) is 2.13. The molecule has 0 aromatic heterocycles. The van der Waals surface area contributed by atoms with Gasteiger partial charge in [0.1, 0.15) is 12.0 Å². The van der Waals surface area contributed by atoms with Crippen LogP contribution in [0.1, 0.15) is 22.8 Å². The fraction of sp³-hybridized carbons (Fsp3) is 0.188. The van der Waals surface area contributed by atoms with Crippen molar-refractivity contribution in [3.8, 4) is 16.9 Å².